The second-order valence-corrected chi connectivity index (χ2v) is 7.79. The van der Waals surface area contributed by atoms with Crippen molar-refractivity contribution in [1.29, 1.82) is 0 Å². The molecule has 4 rings (SSSR count). The van der Waals surface area contributed by atoms with Crippen LogP contribution in [0.4, 0.5) is 5.69 Å². The van der Waals surface area contributed by atoms with Gasteiger partial charge in [0.05, 0.1) is 5.69 Å². The van der Waals surface area contributed by atoms with E-state index in [1.165, 1.54) is 0 Å². The van der Waals surface area contributed by atoms with Gasteiger partial charge >= 0.3 is 0 Å². The first-order valence-electron chi connectivity index (χ1n) is 9.93. The molecule has 0 spiro atoms. The van der Waals surface area contributed by atoms with E-state index in [4.69, 9.17) is 16.3 Å². The first kappa shape index (κ1) is 20.7. The average Bonchev–Trinajstić information content (AvgIpc) is 2.78. The maximum Gasteiger partial charge on any atom is 0.291 e. The number of nitrogens with one attached hydrogen (secondary N) is 2. The third-order valence-corrected chi connectivity index (χ3v) is 5.25. The summed E-state index contributed by atoms with van der Waals surface area (Å²) in [7, 11) is 0. The largest absolute Gasteiger partial charge is 0.449 e. The van der Waals surface area contributed by atoms with Crippen molar-refractivity contribution in [3.63, 3.8) is 0 Å². The maximum atomic E-state index is 12.6. The minimum atomic E-state index is -0.386. The molecule has 0 bridgehead atoms. The van der Waals surface area contributed by atoms with Crippen LogP contribution in [0, 0.1) is 0 Å². The number of rotatable bonds is 5. The normalized spacial score (nSPS) is 14.9. The molecule has 1 aliphatic rings. The zero-order chi connectivity index (χ0) is 21.8. The number of hydrogen-bond donors (Lipinski definition) is 2. The van der Waals surface area contributed by atoms with Crippen LogP contribution < -0.4 is 15.4 Å². The number of halogens is 1. The standard InChI is InChI=1S/C25H21ClN2O3/c1-16(18-7-3-2-4-8-18)15-27-24(29)19-10-11-22-21(14-19)28-25(30)23(31-22)13-17-6-5-9-20(26)12-17/h2-14,16H,15H2,1H3,(H,27,29)(H,28,30)/b23-13-. The Morgan fingerprint density at radius 2 is 1.90 bits per heavy atom. The minimum Gasteiger partial charge on any atom is -0.449 e. The van der Waals surface area contributed by atoms with E-state index in [1.54, 1.807) is 42.5 Å². The fraction of sp³-hybridized carbons (Fsp3) is 0.120. The maximum absolute atomic E-state index is 12.6. The van der Waals surface area contributed by atoms with Crippen molar-refractivity contribution in [2.45, 2.75) is 12.8 Å². The van der Waals surface area contributed by atoms with Gasteiger partial charge in [-0.05, 0) is 53.5 Å². The summed E-state index contributed by atoms with van der Waals surface area (Å²) < 4.78 is 5.75. The van der Waals surface area contributed by atoms with Gasteiger partial charge in [0.2, 0.25) is 0 Å². The zero-order valence-electron chi connectivity index (χ0n) is 16.9. The molecule has 2 N–H and O–H groups in total. The van der Waals surface area contributed by atoms with E-state index in [2.05, 4.69) is 17.6 Å². The summed E-state index contributed by atoms with van der Waals surface area (Å²) >= 11 is 6.00. The highest BCUT2D eigenvalue weighted by atomic mass is 35.5. The number of hydrogen-bond acceptors (Lipinski definition) is 3. The van der Waals surface area contributed by atoms with E-state index in [0.717, 1.165) is 11.1 Å². The van der Waals surface area contributed by atoms with Crippen molar-refractivity contribution < 1.29 is 14.3 Å². The Morgan fingerprint density at radius 3 is 2.68 bits per heavy atom. The lowest BCUT2D eigenvalue weighted by Gasteiger charge is -2.21. The Morgan fingerprint density at radius 1 is 1.10 bits per heavy atom. The minimum absolute atomic E-state index is 0.156. The molecule has 0 aromatic heterocycles. The lowest BCUT2D eigenvalue weighted by atomic mass is 10.0. The molecule has 1 heterocycles. The van der Waals surface area contributed by atoms with Gasteiger partial charge in [0.15, 0.2) is 11.5 Å². The topological polar surface area (TPSA) is 67.4 Å². The summed E-state index contributed by atoms with van der Waals surface area (Å²) in [6.45, 7) is 2.57. The van der Waals surface area contributed by atoms with E-state index in [0.29, 0.717) is 28.6 Å². The summed E-state index contributed by atoms with van der Waals surface area (Å²) in [5.74, 6) is 0.221. The van der Waals surface area contributed by atoms with Gasteiger partial charge < -0.3 is 15.4 Å². The SMILES string of the molecule is CC(CNC(=O)c1ccc2c(c1)NC(=O)/C(=C/c1cccc(Cl)c1)O2)c1ccccc1. The number of carbonyl (C=O) groups is 2. The van der Waals surface area contributed by atoms with E-state index in [-0.39, 0.29) is 23.5 Å². The summed E-state index contributed by atoms with van der Waals surface area (Å²) in [6, 6.07) is 22.1. The molecule has 0 fully saturated rings. The zero-order valence-corrected chi connectivity index (χ0v) is 17.6. The smallest absolute Gasteiger partial charge is 0.291 e. The summed E-state index contributed by atoms with van der Waals surface area (Å²) in [6.07, 6.45) is 1.62. The second-order valence-electron chi connectivity index (χ2n) is 7.35. The third-order valence-electron chi connectivity index (χ3n) is 5.02. The molecular weight excluding hydrogens is 412 g/mol. The van der Waals surface area contributed by atoms with Crippen molar-refractivity contribution in [2.24, 2.45) is 0 Å². The van der Waals surface area contributed by atoms with Crippen molar-refractivity contribution in [3.05, 3.63) is 100 Å². The molecule has 6 heteroatoms. The highest BCUT2D eigenvalue weighted by Gasteiger charge is 2.23. The summed E-state index contributed by atoms with van der Waals surface area (Å²) in [4.78, 5) is 25.1. The van der Waals surface area contributed by atoms with E-state index < -0.39 is 0 Å². The fourth-order valence-electron chi connectivity index (χ4n) is 3.30. The van der Waals surface area contributed by atoms with Crippen LogP contribution in [-0.2, 0) is 4.79 Å². The highest BCUT2D eigenvalue weighted by Crippen LogP contribution is 2.32. The number of benzene rings is 3. The molecule has 0 aliphatic carbocycles. The third kappa shape index (κ3) is 4.95. The molecule has 1 atom stereocenters. The molecule has 2 amide bonds. The number of carbonyl (C=O) groups excluding carboxylic acids is 2. The Kier molecular flexibility index (Phi) is 6.05. The second kappa shape index (κ2) is 9.06. The van der Waals surface area contributed by atoms with Gasteiger partial charge in [-0.1, -0.05) is 61.0 Å². The Balaban J connectivity index is 1.45. The van der Waals surface area contributed by atoms with Crippen molar-refractivity contribution >= 4 is 35.2 Å². The van der Waals surface area contributed by atoms with Crippen LogP contribution in [0.3, 0.4) is 0 Å². The fourth-order valence-corrected chi connectivity index (χ4v) is 3.50. The number of anilines is 1. The van der Waals surface area contributed by atoms with Crippen molar-refractivity contribution in [3.8, 4) is 5.75 Å². The van der Waals surface area contributed by atoms with Crippen LogP contribution in [-0.4, -0.2) is 18.4 Å². The molecule has 0 saturated carbocycles. The van der Waals surface area contributed by atoms with Crippen LogP contribution in [0.5, 0.6) is 5.75 Å². The van der Waals surface area contributed by atoms with Gasteiger partial charge in [0.25, 0.3) is 11.8 Å². The molecule has 156 valence electrons. The number of fused-ring (bicyclic) bond motifs is 1. The van der Waals surface area contributed by atoms with Crippen molar-refractivity contribution in [2.75, 3.05) is 11.9 Å². The van der Waals surface area contributed by atoms with Gasteiger partial charge in [0.1, 0.15) is 0 Å². The highest BCUT2D eigenvalue weighted by molar-refractivity contribution is 6.30. The lowest BCUT2D eigenvalue weighted by molar-refractivity contribution is -0.115. The Labute approximate surface area is 185 Å². The average molecular weight is 433 g/mol. The molecule has 5 nitrogen and oxygen atoms in total. The number of ether oxygens (including phenoxy) is 1. The Bertz CT molecular complexity index is 1160. The van der Waals surface area contributed by atoms with Gasteiger partial charge in [-0.3, -0.25) is 9.59 Å². The predicted octanol–water partition coefficient (Wildman–Crippen LogP) is 5.25. The molecule has 1 aliphatic heterocycles. The quantitative estimate of drug-likeness (QED) is 0.541. The first-order chi connectivity index (χ1) is 15.0. The summed E-state index contributed by atoms with van der Waals surface area (Å²) in [5.41, 5.74) is 2.82. The van der Waals surface area contributed by atoms with Crippen LogP contribution in [0.15, 0.2) is 78.6 Å². The molecule has 0 radical (unpaired) electrons. The molecule has 1 unspecified atom stereocenters. The Hall–Kier alpha value is -3.57. The van der Waals surface area contributed by atoms with Gasteiger partial charge in [-0.15, -0.1) is 0 Å². The monoisotopic (exact) mass is 432 g/mol. The predicted molar refractivity (Wildman–Crippen MR) is 122 cm³/mol. The van der Waals surface area contributed by atoms with Gasteiger partial charge in [-0.2, -0.15) is 0 Å². The molecule has 3 aromatic carbocycles. The molecular formula is C25H21ClN2O3. The molecule has 3 aromatic rings. The van der Waals surface area contributed by atoms with Crippen LogP contribution >= 0.6 is 11.6 Å². The van der Waals surface area contributed by atoms with Crippen molar-refractivity contribution in [1.82, 2.24) is 5.32 Å². The molecule has 31 heavy (non-hydrogen) atoms. The summed E-state index contributed by atoms with van der Waals surface area (Å²) in [5, 5.41) is 6.30. The first-order valence-corrected chi connectivity index (χ1v) is 10.3. The van der Waals surface area contributed by atoms with Gasteiger partial charge in [-0.25, -0.2) is 0 Å². The molecule has 0 saturated heterocycles. The van der Waals surface area contributed by atoms with Crippen LogP contribution in [0.2, 0.25) is 5.02 Å². The van der Waals surface area contributed by atoms with E-state index in [1.807, 2.05) is 36.4 Å². The van der Waals surface area contributed by atoms with Crippen LogP contribution in [0.1, 0.15) is 34.3 Å². The van der Waals surface area contributed by atoms with Crippen LogP contribution in [0.25, 0.3) is 6.08 Å². The van der Waals surface area contributed by atoms with E-state index in [9.17, 15) is 9.59 Å². The van der Waals surface area contributed by atoms with E-state index >= 15 is 0 Å². The number of amides is 2. The van der Waals surface area contributed by atoms with Gasteiger partial charge in [0, 0.05) is 17.1 Å². The lowest BCUT2D eigenvalue weighted by Crippen LogP contribution is -2.28.